The van der Waals surface area contributed by atoms with Crippen molar-refractivity contribution >= 4 is 34.2 Å². The number of hydrogen-bond acceptors (Lipinski definition) is 4. The van der Waals surface area contributed by atoms with Gasteiger partial charge < -0.3 is 0 Å². The standard InChI is InChI=1S/C19H15N.3C6H18N3OP.Yb/c1-4-10-16(11-5-1)19(17-12-6-2-7-13-17)20-18-14-8-3-9-15-18;3*1-7(2)11(10,8(3)4)9(5)6;/h1-15H;3*1-6H3;. The van der Waals surface area contributed by atoms with Gasteiger partial charge in [-0.15, -0.1) is 0 Å². The van der Waals surface area contributed by atoms with Gasteiger partial charge >= 0.3 is 0 Å². The van der Waals surface area contributed by atoms with E-state index in [0.29, 0.717) is 0 Å². The molecule has 3 aromatic rings. The maximum absolute atomic E-state index is 12.1. The van der Waals surface area contributed by atoms with E-state index in [4.69, 9.17) is 4.99 Å². The summed E-state index contributed by atoms with van der Waals surface area (Å²) in [7, 11) is 25.5. The van der Waals surface area contributed by atoms with Crippen LogP contribution in [0.4, 0.5) is 5.69 Å². The quantitative estimate of drug-likeness (QED) is 0.136. The average Bonchev–Trinajstić information content (AvgIpc) is 3.10. The van der Waals surface area contributed by atoms with Crippen molar-refractivity contribution in [1.82, 2.24) is 42.0 Å². The van der Waals surface area contributed by atoms with Gasteiger partial charge in [-0.25, -0.2) is 47.0 Å². The van der Waals surface area contributed by atoms with Crippen LogP contribution in [0.25, 0.3) is 0 Å². The molecule has 0 aromatic heterocycles. The molecular formula is C37H69N10O3P3Yb. The summed E-state index contributed by atoms with van der Waals surface area (Å²) in [5, 5.41) is 0. The smallest absolute Gasteiger partial charge is 0.270 e. The molecule has 0 fully saturated rings. The molecule has 3 rings (SSSR count). The van der Waals surface area contributed by atoms with Gasteiger partial charge in [-0.3, -0.25) is 13.7 Å². The van der Waals surface area contributed by atoms with E-state index in [9.17, 15) is 13.7 Å². The molecule has 17 heteroatoms. The van der Waals surface area contributed by atoms with Crippen LogP contribution in [0, 0.1) is 46.9 Å². The summed E-state index contributed by atoms with van der Waals surface area (Å²) in [5.41, 5.74) is 4.22. The Labute approximate surface area is 367 Å². The zero-order valence-corrected chi connectivity index (χ0v) is 40.4. The Balaban J connectivity index is 0. The van der Waals surface area contributed by atoms with Crippen molar-refractivity contribution in [2.45, 2.75) is 0 Å². The van der Waals surface area contributed by atoms with Crippen molar-refractivity contribution in [3.8, 4) is 0 Å². The second-order valence-electron chi connectivity index (χ2n) is 13.7. The first-order valence-electron chi connectivity index (χ1n) is 17.1. The molecular weight excluding hydrogens is 898 g/mol. The molecule has 0 aliphatic heterocycles. The molecule has 0 saturated heterocycles. The molecule has 0 atom stereocenters. The van der Waals surface area contributed by atoms with E-state index in [0.717, 1.165) is 22.5 Å². The normalized spacial score (nSPS) is 12.0. The van der Waals surface area contributed by atoms with Crippen molar-refractivity contribution in [2.75, 3.05) is 127 Å². The van der Waals surface area contributed by atoms with Gasteiger partial charge in [-0.2, -0.15) is 0 Å². The predicted molar refractivity (Wildman–Crippen MR) is 231 cm³/mol. The van der Waals surface area contributed by atoms with E-state index in [1.807, 2.05) is 194 Å². The molecule has 0 radical (unpaired) electrons. The third-order valence-corrected chi connectivity index (χ3v) is 17.2. The van der Waals surface area contributed by atoms with Crippen LogP contribution in [0.2, 0.25) is 0 Å². The van der Waals surface area contributed by atoms with E-state index >= 15 is 0 Å². The largest absolute Gasteiger partial charge is 0.285 e. The number of nitrogens with zero attached hydrogens (tertiary/aromatic N) is 10. The van der Waals surface area contributed by atoms with Crippen LogP contribution in [0.1, 0.15) is 11.1 Å². The molecule has 3 aromatic carbocycles. The Morgan fingerprint density at radius 1 is 0.352 bits per heavy atom. The van der Waals surface area contributed by atoms with Gasteiger partial charge in [0.2, 0.25) is 0 Å². The minimum absolute atomic E-state index is 0. The van der Waals surface area contributed by atoms with Crippen molar-refractivity contribution in [2.24, 2.45) is 4.99 Å². The summed E-state index contributed by atoms with van der Waals surface area (Å²) >= 11 is 0. The fraction of sp³-hybridized carbons (Fsp3) is 0.486. The monoisotopic (exact) mass is 968 g/mol. The topological polar surface area (TPSA) is 92.7 Å². The first kappa shape index (κ1) is 55.3. The Morgan fingerprint density at radius 2 is 0.537 bits per heavy atom. The molecule has 0 saturated carbocycles. The van der Waals surface area contributed by atoms with Gasteiger partial charge in [0.25, 0.3) is 22.8 Å². The fourth-order valence-corrected chi connectivity index (χ4v) is 11.8. The Kier molecular flexibility index (Phi) is 26.9. The van der Waals surface area contributed by atoms with Crippen LogP contribution in [-0.2, 0) is 13.7 Å². The van der Waals surface area contributed by atoms with Crippen molar-refractivity contribution in [3.05, 3.63) is 102 Å². The zero-order chi connectivity index (χ0) is 41.3. The second kappa shape index (κ2) is 26.2. The minimum atomic E-state index is -2.44. The Morgan fingerprint density at radius 3 is 0.704 bits per heavy atom. The van der Waals surface area contributed by atoms with Crippen molar-refractivity contribution in [3.63, 3.8) is 0 Å². The summed E-state index contributed by atoms with van der Waals surface area (Å²) in [6.07, 6.45) is 0. The molecule has 0 amide bonds. The Bertz CT molecular complexity index is 1410. The van der Waals surface area contributed by atoms with Gasteiger partial charge in [0, 0.05) is 58.1 Å². The van der Waals surface area contributed by atoms with E-state index in [1.54, 1.807) is 42.0 Å². The second-order valence-corrected chi connectivity index (χ2v) is 24.0. The van der Waals surface area contributed by atoms with Crippen LogP contribution in [0.3, 0.4) is 0 Å². The summed E-state index contributed by atoms with van der Waals surface area (Å²) in [5.74, 6) is 0. The minimum Gasteiger partial charge on any atom is -0.270 e. The van der Waals surface area contributed by atoms with E-state index in [2.05, 4.69) is 24.3 Å². The molecule has 0 spiro atoms. The summed E-state index contributed by atoms with van der Waals surface area (Å²) in [4.78, 5) is 4.82. The van der Waals surface area contributed by atoms with E-state index < -0.39 is 22.8 Å². The first-order chi connectivity index (χ1) is 24.4. The Hall–Kier alpha value is -0.821. The van der Waals surface area contributed by atoms with Crippen molar-refractivity contribution in [1.29, 1.82) is 0 Å². The van der Waals surface area contributed by atoms with Crippen LogP contribution in [-0.4, -0.2) is 175 Å². The van der Waals surface area contributed by atoms with Gasteiger partial charge in [0.05, 0.1) is 11.4 Å². The molecule has 0 aliphatic carbocycles. The summed E-state index contributed by atoms with van der Waals surface area (Å²) < 4.78 is 52.0. The molecule has 0 unspecified atom stereocenters. The maximum Gasteiger partial charge on any atom is 0.285 e. The molecule has 54 heavy (non-hydrogen) atoms. The van der Waals surface area contributed by atoms with Gasteiger partial charge in [-0.05, 0) is 139 Å². The number of para-hydroxylation sites is 1. The predicted octanol–water partition coefficient (Wildman–Crippen LogP) is 7.19. The summed E-state index contributed by atoms with van der Waals surface area (Å²) in [6, 6.07) is 30.6. The van der Waals surface area contributed by atoms with Crippen LogP contribution < -0.4 is 0 Å². The average molecular weight is 968 g/mol. The molecule has 314 valence electrons. The van der Waals surface area contributed by atoms with Gasteiger partial charge in [0.15, 0.2) is 0 Å². The van der Waals surface area contributed by atoms with Crippen LogP contribution in [0.5, 0.6) is 0 Å². The maximum atomic E-state index is 12.1. The first-order valence-corrected chi connectivity index (χ1v) is 21.8. The molecule has 13 nitrogen and oxygen atoms in total. The SMILES string of the molecule is CN(C)P(=O)(N(C)C)N(C)C.CN(C)P(=O)(N(C)C)N(C)C.CN(C)P(=O)(N(C)C)N(C)C.[Yb].c1ccc(N=C(c2ccccc2)c2ccccc2)cc1. The number of rotatable bonds is 12. The van der Waals surface area contributed by atoms with Gasteiger partial charge in [0.1, 0.15) is 0 Å². The number of benzene rings is 3. The number of hydrogen-bond donors (Lipinski definition) is 0. The molecule has 0 aliphatic rings. The molecule has 0 heterocycles. The fourth-order valence-electron chi connectivity index (χ4n) is 5.34. The third kappa shape index (κ3) is 16.2. The summed E-state index contributed by atoms with van der Waals surface area (Å²) in [6.45, 7) is 0. The van der Waals surface area contributed by atoms with Crippen molar-refractivity contribution < 1.29 is 60.6 Å². The third-order valence-electron chi connectivity index (χ3n) is 7.78. The number of aliphatic imine (C=N–C) groups is 1. The molecule has 0 N–H and O–H groups in total. The zero-order valence-electron chi connectivity index (χ0n) is 36.0. The van der Waals surface area contributed by atoms with Crippen LogP contribution in [0.15, 0.2) is 96.0 Å². The van der Waals surface area contributed by atoms with Gasteiger partial charge in [-0.1, -0.05) is 78.9 Å². The van der Waals surface area contributed by atoms with E-state index in [-0.39, 0.29) is 46.9 Å². The van der Waals surface area contributed by atoms with E-state index in [1.165, 1.54) is 0 Å². The van der Waals surface area contributed by atoms with Crippen LogP contribution >= 0.6 is 22.8 Å². The molecule has 0 bridgehead atoms.